The lowest BCUT2D eigenvalue weighted by Gasteiger charge is -1.96. The van der Waals surface area contributed by atoms with Gasteiger partial charge in [0.05, 0.1) is 0 Å². The van der Waals surface area contributed by atoms with Crippen molar-refractivity contribution in [3.63, 3.8) is 0 Å². The van der Waals surface area contributed by atoms with Crippen molar-refractivity contribution in [1.29, 1.82) is 0 Å². The van der Waals surface area contributed by atoms with Gasteiger partial charge < -0.3 is 0 Å². The number of benzene rings is 1. The third-order valence-electron chi connectivity index (χ3n) is 1.48. The molecule has 0 N–H and O–H groups in total. The Morgan fingerprint density at radius 3 is 2.23 bits per heavy atom. The Kier molecular flexibility index (Phi) is 3.51. The van der Waals surface area contributed by atoms with Gasteiger partial charge in [-0.15, -0.1) is 0 Å². The van der Waals surface area contributed by atoms with Gasteiger partial charge in [0.15, 0.2) is 0 Å². The predicted octanol–water partition coefficient (Wildman–Crippen LogP) is 2.41. The fourth-order valence-electron chi connectivity index (χ4n) is 0.812. The smallest absolute Gasteiger partial charge is 0.259 e. The van der Waals surface area contributed by atoms with Gasteiger partial charge in [0.2, 0.25) is 5.78 Å². The van der Waals surface area contributed by atoms with Crippen LogP contribution in [-0.4, -0.2) is 17.2 Å². The molecule has 0 radical (unpaired) electrons. The predicted molar refractivity (Wildman–Crippen MR) is 54.3 cm³/mol. The number of ketones is 1. The van der Waals surface area contributed by atoms with Crippen molar-refractivity contribution in [1.82, 2.24) is 0 Å². The van der Waals surface area contributed by atoms with E-state index in [-0.39, 0.29) is 0 Å². The third kappa shape index (κ3) is 2.57. The molecule has 0 aliphatic carbocycles. The maximum atomic E-state index is 11.3. The molecule has 0 spiro atoms. The van der Waals surface area contributed by atoms with Crippen LogP contribution < -0.4 is 0 Å². The zero-order chi connectivity index (χ0) is 9.84. The summed E-state index contributed by atoms with van der Waals surface area (Å²) in [4.78, 5) is 22.3. The topological polar surface area (TPSA) is 34.1 Å². The average molecular weight is 215 g/mol. The second-order valence-corrected chi connectivity index (χ2v) is 3.54. The normalized spacial score (nSPS) is 9.69. The number of halogens is 1. The number of hydrogen-bond acceptors (Lipinski definition) is 3. The van der Waals surface area contributed by atoms with E-state index in [4.69, 9.17) is 11.6 Å². The van der Waals surface area contributed by atoms with Crippen molar-refractivity contribution in [2.45, 2.75) is 0 Å². The molecule has 0 aliphatic rings. The van der Waals surface area contributed by atoms with Crippen LogP contribution in [0.1, 0.15) is 10.4 Å². The van der Waals surface area contributed by atoms with E-state index in [0.717, 1.165) is 11.8 Å². The average Bonchev–Trinajstić information content (AvgIpc) is 2.17. The van der Waals surface area contributed by atoms with Gasteiger partial charge in [-0.3, -0.25) is 9.59 Å². The van der Waals surface area contributed by atoms with Gasteiger partial charge in [0.25, 0.3) is 5.12 Å². The molecular formula is C9H7ClO2S. The Hall–Kier alpha value is -0.800. The zero-order valence-electron chi connectivity index (χ0n) is 6.91. The fourth-order valence-corrected chi connectivity index (χ4v) is 1.24. The van der Waals surface area contributed by atoms with Crippen molar-refractivity contribution >= 4 is 34.3 Å². The van der Waals surface area contributed by atoms with E-state index in [1.807, 2.05) is 0 Å². The first-order chi connectivity index (χ1) is 6.15. The Balaban J connectivity index is 2.90. The largest absolute Gasteiger partial charge is 0.284 e. The van der Waals surface area contributed by atoms with Gasteiger partial charge in [-0.2, -0.15) is 0 Å². The summed E-state index contributed by atoms with van der Waals surface area (Å²) in [5.41, 5.74) is 0.378. The summed E-state index contributed by atoms with van der Waals surface area (Å²) in [6.07, 6.45) is 1.58. The van der Waals surface area contributed by atoms with Gasteiger partial charge in [-0.1, -0.05) is 23.4 Å². The van der Waals surface area contributed by atoms with E-state index in [1.165, 1.54) is 0 Å². The summed E-state index contributed by atoms with van der Waals surface area (Å²) in [6.45, 7) is 0. The van der Waals surface area contributed by atoms with Crippen LogP contribution in [0.2, 0.25) is 5.02 Å². The molecule has 0 heterocycles. The lowest BCUT2D eigenvalue weighted by molar-refractivity contribution is -0.107. The molecule has 0 fully saturated rings. The van der Waals surface area contributed by atoms with Crippen molar-refractivity contribution in [3.05, 3.63) is 34.9 Å². The number of thioether (sulfide) groups is 1. The maximum Gasteiger partial charge on any atom is 0.259 e. The molecule has 0 aromatic heterocycles. The molecule has 0 unspecified atom stereocenters. The van der Waals surface area contributed by atoms with E-state index >= 15 is 0 Å². The van der Waals surface area contributed by atoms with Gasteiger partial charge in [0.1, 0.15) is 0 Å². The molecular weight excluding hydrogens is 208 g/mol. The summed E-state index contributed by atoms with van der Waals surface area (Å²) < 4.78 is 0. The minimum absolute atomic E-state index is 0.378. The second-order valence-electron chi connectivity index (χ2n) is 2.33. The summed E-state index contributed by atoms with van der Waals surface area (Å²) in [6, 6.07) is 6.25. The first-order valence-electron chi connectivity index (χ1n) is 3.53. The van der Waals surface area contributed by atoms with Crippen LogP contribution in [-0.2, 0) is 4.79 Å². The fraction of sp³-hybridized carbons (Fsp3) is 0.111. The number of carbonyl (C=O) groups is 2. The molecule has 4 heteroatoms. The Morgan fingerprint density at radius 2 is 1.77 bits per heavy atom. The van der Waals surface area contributed by atoms with Crippen molar-refractivity contribution < 1.29 is 9.59 Å². The highest BCUT2D eigenvalue weighted by Crippen LogP contribution is 2.12. The van der Waals surface area contributed by atoms with Crippen LogP contribution in [0.4, 0.5) is 0 Å². The van der Waals surface area contributed by atoms with E-state index in [9.17, 15) is 9.59 Å². The molecule has 2 nitrogen and oxygen atoms in total. The summed E-state index contributed by atoms with van der Waals surface area (Å²) in [5.74, 6) is -0.482. The first kappa shape index (κ1) is 10.3. The number of rotatable bonds is 2. The number of Topliss-reactive ketones (excluding diaryl/α,β-unsaturated/α-hetero) is 1. The summed E-state index contributed by atoms with van der Waals surface area (Å²) in [5, 5.41) is 0.0930. The minimum atomic E-state index is -0.482. The van der Waals surface area contributed by atoms with Crippen LogP contribution in [0, 0.1) is 0 Å². The molecule has 1 aromatic rings. The van der Waals surface area contributed by atoms with Crippen molar-refractivity contribution in [3.8, 4) is 0 Å². The summed E-state index contributed by atoms with van der Waals surface area (Å²) >= 11 is 6.54. The van der Waals surface area contributed by atoms with Crippen molar-refractivity contribution in [2.24, 2.45) is 0 Å². The van der Waals surface area contributed by atoms with E-state index in [0.29, 0.717) is 10.6 Å². The molecule has 0 bridgehead atoms. The first-order valence-corrected chi connectivity index (χ1v) is 5.13. The highest BCUT2D eigenvalue weighted by molar-refractivity contribution is 8.14. The van der Waals surface area contributed by atoms with E-state index in [1.54, 1.807) is 30.5 Å². The van der Waals surface area contributed by atoms with Crippen molar-refractivity contribution in [2.75, 3.05) is 6.26 Å². The Bertz CT molecular complexity index is 332. The lowest BCUT2D eigenvalue weighted by Crippen LogP contribution is -2.09. The van der Waals surface area contributed by atoms with Gasteiger partial charge >= 0.3 is 0 Å². The van der Waals surface area contributed by atoms with E-state index < -0.39 is 10.9 Å². The Labute approximate surface area is 85.3 Å². The second kappa shape index (κ2) is 4.44. The standard InChI is InChI=1S/C9H7ClO2S/c1-13-9(12)8(11)6-2-4-7(10)5-3-6/h2-5H,1H3. The molecule has 0 saturated heterocycles. The van der Waals surface area contributed by atoms with Gasteiger partial charge in [-0.05, 0) is 30.5 Å². The van der Waals surface area contributed by atoms with Gasteiger partial charge in [0, 0.05) is 10.6 Å². The van der Waals surface area contributed by atoms with Gasteiger partial charge in [-0.25, -0.2) is 0 Å². The molecule has 0 amide bonds. The molecule has 0 atom stereocenters. The monoisotopic (exact) mass is 214 g/mol. The molecule has 1 aromatic carbocycles. The Morgan fingerprint density at radius 1 is 1.23 bits per heavy atom. The number of carbonyl (C=O) groups excluding carboxylic acids is 2. The number of hydrogen-bond donors (Lipinski definition) is 0. The van der Waals surface area contributed by atoms with Crippen LogP contribution >= 0.6 is 23.4 Å². The lowest BCUT2D eigenvalue weighted by atomic mass is 10.1. The highest BCUT2D eigenvalue weighted by Gasteiger charge is 2.13. The quantitative estimate of drug-likeness (QED) is 0.560. The molecule has 1 rings (SSSR count). The zero-order valence-corrected chi connectivity index (χ0v) is 8.48. The SMILES string of the molecule is CSC(=O)C(=O)c1ccc(Cl)cc1. The van der Waals surface area contributed by atoms with E-state index in [2.05, 4.69) is 0 Å². The summed E-state index contributed by atoms with van der Waals surface area (Å²) in [7, 11) is 0. The molecule has 0 saturated carbocycles. The third-order valence-corrected chi connectivity index (χ3v) is 2.29. The minimum Gasteiger partial charge on any atom is -0.284 e. The highest BCUT2D eigenvalue weighted by atomic mass is 35.5. The molecule has 68 valence electrons. The van der Waals surface area contributed by atoms with Crippen LogP contribution in [0.3, 0.4) is 0 Å². The van der Waals surface area contributed by atoms with Crippen LogP contribution in [0.5, 0.6) is 0 Å². The molecule has 0 aliphatic heterocycles. The maximum absolute atomic E-state index is 11.3. The van der Waals surface area contributed by atoms with Crippen LogP contribution in [0.15, 0.2) is 24.3 Å². The van der Waals surface area contributed by atoms with Crippen LogP contribution in [0.25, 0.3) is 0 Å². The molecule has 13 heavy (non-hydrogen) atoms.